The Bertz CT molecular complexity index is 441. The maximum absolute atomic E-state index is 11.9. The van der Waals surface area contributed by atoms with Gasteiger partial charge < -0.3 is 21.3 Å². The first-order chi connectivity index (χ1) is 9.67. The van der Waals surface area contributed by atoms with E-state index in [9.17, 15) is 4.79 Å². The molecule has 1 aromatic rings. The number of aryl methyl sites for hydroxylation is 1. The standard InChI is InChI=1S/C15H24N4O/c1-12-3-2-4-14(11-12)18-15(20)17-13-5-8-19(9-6-13)10-7-16/h2-4,11,13H,5-10,16H2,1H3,(H2,17,18,20). The quantitative estimate of drug-likeness (QED) is 0.781. The lowest BCUT2D eigenvalue weighted by atomic mass is 10.1. The molecule has 20 heavy (non-hydrogen) atoms. The van der Waals surface area contributed by atoms with Crippen LogP contribution >= 0.6 is 0 Å². The zero-order valence-electron chi connectivity index (χ0n) is 12.1. The van der Waals surface area contributed by atoms with Crippen molar-refractivity contribution in [1.82, 2.24) is 10.2 Å². The van der Waals surface area contributed by atoms with Gasteiger partial charge in [-0.15, -0.1) is 0 Å². The number of nitrogens with two attached hydrogens (primary N) is 1. The summed E-state index contributed by atoms with van der Waals surface area (Å²) in [6.07, 6.45) is 1.97. The summed E-state index contributed by atoms with van der Waals surface area (Å²) in [5.41, 5.74) is 7.52. The van der Waals surface area contributed by atoms with Crippen LogP contribution in [-0.2, 0) is 0 Å². The summed E-state index contributed by atoms with van der Waals surface area (Å²) >= 11 is 0. The molecule has 0 spiro atoms. The number of nitrogens with zero attached hydrogens (tertiary/aromatic N) is 1. The lowest BCUT2D eigenvalue weighted by Crippen LogP contribution is -2.46. The molecule has 0 bridgehead atoms. The van der Waals surface area contributed by atoms with Crippen LogP contribution in [0.5, 0.6) is 0 Å². The highest BCUT2D eigenvalue weighted by atomic mass is 16.2. The Morgan fingerprint density at radius 3 is 2.80 bits per heavy atom. The minimum Gasteiger partial charge on any atom is -0.335 e. The summed E-state index contributed by atoms with van der Waals surface area (Å²) in [7, 11) is 0. The second kappa shape index (κ2) is 7.26. The topological polar surface area (TPSA) is 70.4 Å². The molecule has 0 radical (unpaired) electrons. The van der Waals surface area contributed by atoms with Gasteiger partial charge in [0.2, 0.25) is 0 Å². The zero-order valence-corrected chi connectivity index (χ0v) is 12.1. The van der Waals surface area contributed by atoms with Gasteiger partial charge in [0.05, 0.1) is 0 Å². The third-order valence-electron chi connectivity index (χ3n) is 3.64. The minimum atomic E-state index is -0.118. The summed E-state index contributed by atoms with van der Waals surface area (Å²) in [6.45, 7) is 5.67. The van der Waals surface area contributed by atoms with E-state index in [4.69, 9.17) is 5.73 Å². The number of urea groups is 1. The van der Waals surface area contributed by atoms with Gasteiger partial charge in [0.1, 0.15) is 0 Å². The Morgan fingerprint density at radius 1 is 1.40 bits per heavy atom. The van der Waals surface area contributed by atoms with Crippen molar-refractivity contribution in [2.24, 2.45) is 5.73 Å². The number of carbonyl (C=O) groups is 1. The number of amides is 2. The Balaban J connectivity index is 1.75. The van der Waals surface area contributed by atoms with Crippen LogP contribution in [0.2, 0.25) is 0 Å². The average Bonchev–Trinajstić information content (AvgIpc) is 2.41. The monoisotopic (exact) mass is 276 g/mol. The second-order valence-corrected chi connectivity index (χ2v) is 5.37. The molecule has 2 amide bonds. The van der Waals surface area contributed by atoms with Gasteiger partial charge in [0.25, 0.3) is 0 Å². The van der Waals surface area contributed by atoms with Crippen molar-refractivity contribution >= 4 is 11.7 Å². The zero-order chi connectivity index (χ0) is 14.4. The Kier molecular flexibility index (Phi) is 5.38. The molecule has 1 aliphatic heterocycles. The molecule has 0 aromatic heterocycles. The largest absolute Gasteiger partial charge is 0.335 e. The molecule has 0 aliphatic carbocycles. The van der Waals surface area contributed by atoms with Gasteiger partial charge in [-0.2, -0.15) is 0 Å². The van der Waals surface area contributed by atoms with Crippen molar-refractivity contribution in [2.75, 3.05) is 31.5 Å². The lowest BCUT2D eigenvalue weighted by molar-refractivity contribution is 0.200. The van der Waals surface area contributed by atoms with Crippen LogP contribution in [0.1, 0.15) is 18.4 Å². The molecule has 4 N–H and O–H groups in total. The molecule has 1 aromatic carbocycles. The van der Waals surface area contributed by atoms with E-state index in [0.717, 1.165) is 43.7 Å². The third kappa shape index (κ3) is 4.51. The van der Waals surface area contributed by atoms with Crippen molar-refractivity contribution < 1.29 is 4.79 Å². The van der Waals surface area contributed by atoms with E-state index in [1.54, 1.807) is 0 Å². The van der Waals surface area contributed by atoms with Crippen LogP contribution in [0.25, 0.3) is 0 Å². The number of hydrogen-bond acceptors (Lipinski definition) is 3. The fourth-order valence-electron chi connectivity index (χ4n) is 2.56. The van der Waals surface area contributed by atoms with E-state index in [-0.39, 0.29) is 12.1 Å². The SMILES string of the molecule is Cc1cccc(NC(=O)NC2CCN(CCN)CC2)c1. The second-order valence-electron chi connectivity index (χ2n) is 5.37. The van der Waals surface area contributed by atoms with Gasteiger partial charge in [0, 0.05) is 37.9 Å². The molecule has 1 fully saturated rings. The number of anilines is 1. The van der Waals surface area contributed by atoms with E-state index >= 15 is 0 Å². The van der Waals surface area contributed by atoms with Gasteiger partial charge >= 0.3 is 6.03 Å². The lowest BCUT2D eigenvalue weighted by Gasteiger charge is -2.31. The first-order valence-corrected chi connectivity index (χ1v) is 7.24. The average molecular weight is 276 g/mol. The van der Waals surface area contributed by atoms with Gasteiger partial charge in [-0.25, -0.2) is 4.79 Å². The first-order valence-electron chi connectivity index (χ1n) is 7.24. The normalized spacial score (nSPS) is 16.9. The number of hydrogen-bond donors (Lipinski definition) is 3. The maximum Gasteiger partial charge on any atom is 0.319 e. The number of benzene rings is 1. The smallest absolute Gasteiger partial charge is 0.319 e. The Hall–Kier alpha value is -1.59. The van der Waals surface area contributed by atoms with Crippen LogP contribution in [0.4, 0.5) is 10.5 Å². The fourth-order valence-corrected chi connectivity index (χ4v) is 2.56. The van der Waals surface area contributed by atoms with Crippen molar-refractivity contribution in [1.29, 1.82) is 0 Å². The number of nitrogens with one attached hydrogen (secondary N) is 2. The van der Waals surface area contributed by atoms with Crippen LogP contribution in [0.3, 0.4) is 0 Å². The summed E-state index contributed by atoms with van der Waals surface area (Å²) < 4.78 is 0. The van der Waals surface area contributed by atoms with Gasteiger partial charge in [-0.05, 0) is 37.5 Å². The predicted octanol–water partition coefficient (Wildman–Crippen LogP) is 1.54. The van der Waals surface area contributed by atoms with Crippen LogP contribution < -0.4 is 16.4 Å². The van der Waals surface area contributed by atoms with Gasteiger partial charge in [-0.3, -0.25) is 0 Å². The molecular formula is C15H24N4O. The fraction of sp³-hybridized carbons (Fsp3) is 0.533. The Morgan fingerprint density at radius 2 is 2.15 bits per heavy atom. The number of rotatable bonds is 4. The van der Waals surface area contributed by atoms with E-state index in [0.29, 0.717) is 6.54 Å². The molecule has 0 saturated carbocycles. The van der Waals surface area contributed by atoms with E-state index in [2.05, 4.69) is 15.5 Å². The van der Waals surface area contributed by atoms with Crippen molar-refractivity contribution in [3.8, 4) is 0 Å². The van der Waals surface area contributed by atoms with Gasteiger partial charge in [0.15, 0.2) is 0 Å². The van der Waals surface area contributed by atoms with Crippen LogP contribution in [0, 0.1) is 6.92 Å². The van der Waals surface area contributed by atoms with Crippen molar-refractivity contribution in [2.45, 2.75) is 25.8 Å². The number of likely N-dealkylation sites (tertiary alicyclic amines) is 1. The molecular weight excluding hydrogens is 252 g/mol. The molecule has 110 valence electrons. The highest BCUT2D eigenvalue weighted by molar-refractivity contribution is 5.89. The summed E-state index contributed by atoms with van der Waals surface area (Å²) in [5.74, 6) is 0. The highest BCUT2D eigenvalue weighted by Crippen LogP contribution is 2.12. The molecule has 5 heteroatoms. The Labute approximate surface area is 120 Å². The molecule has 5 nitrogen and oxygen atoms in total. The molecule has 2 rings (SSSR count). The maximum atomic E-state index is 11.9. The molecule has 1 saturated heterocycles. The van der Waals surface area contributed by atoms with E-state index in [1.165, 1.54) is 0 Å². The summed E-state index contributed by atoms with van der Waals surface area (Å²) in [5, 5.41) is 5.92. The molecule has 1 heterocycles. The summed E-state index contributed by atoms with van der Waals surface area (Å²) in [6, 6.07) is 7.95. The molecule has 0 unspecified atom stereocenters. The van der Waals surface area contributed by atoms with E-state index in [1.807, 2.05) is 31.2 Å². The molecule has 0 atom stereocenters. The minimum absolute atomic E-state index is 0.118. The third-order valence-corrected chi connectivity index (χ3v) is 3.64. The first kappa shape index (κ1) is 14.8. The van der Waals surface area contributed by atoms with Crippen molar-refractivity contribution in [3.05, 3.63) is 29.8 Å². The van der Waals surface area contributed by atoms with Gasteiger partial charge in [-0.1, -0.05) is 12.1 Å². The predicted molar refractivity (Wildman–Crippen MR) is 81.8 cm³/mol. The number of piperidine rings is 1. The highest BCUT2D eigenvalue weighted by Gasteiger charge is 2.19. The van der Waals surface area contributed by atoms with Crippen molar-refractivity contribution in [3.63, 3.8) is 0 Å². The number of carbonyl (C=O) groups excluding carboxylic acids is 1. The molecule has 1 aliphatic rings. The van der Waals surface area contributed by atoms with E-state index < -0.39 is 0 Å². The summed E-state index contributed by atoms with van der Waals surface area (Å²) in [4.78, 5) is 14.3. The van der Waals surface area contributed by atoms with Crippen LogP contribution in [0.15, 0.2) is 24.3 Å². The van der Waals surface area contributed by atoms with Crippen LogP contribution in [-0.4, -0.2) is 43.2 Å².